The summed E-state index contributed by atoms with van der Waals surface area (Å²) in [7, 11) is 0. The third kappa shape index (κ3) is 1.41. The average Bonchev–Trinajstić information content (AvgIpc) is 2.66. The van der Waals surface area contributed by atoms with Crippen molar-refractivity contribution >= 4 is 11.3 Å². The maximum atomic E-state index is 3.77. The fourth-order valence-electron chi connectivity index (χ4n) is 2.94. The predicted octanol–water partition coefficient (Wildman–Crippen LogP) is 2.75. The van der Waals surface area contributed by atoms with Gasteiger partial charge in [-0.1, -0.05) is 6.42 Å². The zero-order valence-electron chi connectivity index (χ0n) is 8.51. The Hall–Kier alpha value is -0.340. The molecule has 1 aliphatic heterocycles. The van der Waals surface area contributed by atoms with Crippen LogP contribution < -0.4 is 5.32 Å². The van der Waals surface area contributed by atoms with Crippen LogP contribution in [0.1, 0.15) is 36.1 Å². The highest BCUT2D eigenvalue weighted by atomic mass is 32.1. The van der Waals surface area contributed by atoms with Gasteiger partial charge >= 0.3 is 0 Å². The summed E-state index contributed by atoms with van der Waals surface area (Å²) in [5.74, 6) is 0. The molecule has 2 heteroatoms. The Morgan fingerprint density at radius 2 is 2.29 bits per heavy atom. The fraction of sp³-hybridized carbons (Fsp3) is 0.667. The monoisotopic (exact) mass is 207 g/mol. The van der Waals surface area contributed by atoms with Crippen LogP contribution in [0.2, 0.25) is 0 Å². The van der Waals surface area contributed by atoms with E-state index in [0.717, 1.165) is 0 Å². The molecule has 1 aliphatic carbocycles. The van der Waals surface area contributed by atoms with Crippen molar-refractivity contribution in [3.63, 3.8) is 0 Å². The molecular formula is C12H17NS. The molecule has 0 radical (unpaired) electrons. The Kier molecular flexibility index (Phi) is 2.14. The average molecular weight is 207 g/mol. The molecule has 1 spiro atoms. The van der Waals surface area contributed by atoms with Crippen molar-refractivity contribution < 1.29 is 0 Å². The van der Waals surface area contributed by atoms with Gasteiger partial charge in [0.05, 0.1) is 0 Å². The van der Waals surface area contributed by atoms with E-state index in [4.69, 9.17) is 0 Å². The van der Waals surface area contributed by atoms with Crippen molar-refractivity contribution in [1.29, 1.82) is 0 Å². The molecule has 0 saturated carbocycles. The van der Waals surface area contributed by atoms with Crippen molar-refractivity contribution in [2.24, 2.45) is 0 Å². The standard InChI is InChI=1S/C12H17NS/c1-2-7-13-12(5-1)6-3-11-10(9-12)4-8-14-11/h4,8,13H,1-3,5-7,9H2. The van der Waals surface area contributed by atoms with Crippen molar-refractivity contribution in [2.45, 2.75) is 44.1 Å². The number of fused-ring (bicyclic) bond motifs is 1. The number of hydrogen-bond donors (Lipinski definition) is 1. The Bertz CT molecular complexity index is 323. The van der Waals surface area contributed by atoms with E-state index in [1.807, 2.05) is 11.3 Å². The summed E-state index contributed by atoms with van der Waals surface area (Å²) < 4.78 is 0. The maximum Gasteiger partial charge on any atom is 0.0225 e. The van der Waals surface area contributed by atoms with Crippen LogP contribution in [0.3, 0.4) is 0 Å². The Balaban J connectivity index is 1.85. The molecule has 0 aromatic carbocycles. The van der Waals surface area contributed by atoms with Crippen molar-refractivity contribution in [1.82, 2.24) is 5.32 Å². The van der Waals surface area contributed by atoms with Crippen LogP contribution in [-0.2, 0) is 12.8 Å². The lowest BCUT2D eigenvalue weighted by molar-refractivity contribution is 0.227. The predicted molar refractivity (Wildman–Crippen MR) is 60.9 cm³/mol. The smallest absolute Gasteiger partial charge is 0.0225 e. The molecule has 1 unspecified atom stereocenters. The number of rotatable bonds is 0. The molecule has 0 bridgehead atoms. The SMILES string of the molecule is c1cc2c(s1)CCC1(CCCCN1)C2. The van der Waals surface area contributed by atoms with Gasteiger partial charge in [0.15, 0.2) is 0 Å². The minimum Gasteiger partial charge on any atom is -0.311 e. The zero-order valence-corrected chi connectivity index (χ0v) is 9.33. The number of piperidine rings is 1. The van der Waals surface area contributed by atoms with E-state index in [1.54, 1.807) is 10.4 Å². The Morgan fingerprint density at radius 1 is 1.29 bits per heavy atom. The van der Waals surface area contributed by atoms with Crippen molar-refractivity contribution in [2.75, 3.05) is 6.54 Å². The molecule has 1 atom stereocenters. The highest BCUT2D eigenvalue weighted by molar-refractivity contribution is 7.10. The first-order valence-corrected chi connectivity index (χ1v) is 6.56. The van der Waals surface area contributed by atoms with Gasteiger partial charge in [0.25, 0.3) is 0 Å². The summed E-state index contributed by atoms with van der Waals surface area (Å²) in [6.07, 6.45) is 8.14. The van der Waals surface area contributed by atoms with Crippen LogP contribution in [0.25, 0.3) is 0 Å². The molecule has 1 aromatic rings. The molecule has 14 heavy (non-hydrogen) atoms. The van der Waals surface area contributed by atoms with Gasteiger partial charge in [-0.25, -0.2) is 0 Å². The summed E-state index contributed by atoms with van der Waals surface area (Å²) in [4.78, 5) is 1.64. The van der Waals surface area contributed by atoms with Gasteiger partial charge in [0.1, 0.15) is 0 Å². The lowest BCUT2D eigenvalue weighted by Crippen LogP contribution is -2.51. The summed E-state index contributed by atoms with van der Waals surface area (Å²) >= 11 is 1.94. The first kappa shape index (κ1) is 8.93. The summed E-state index contributed by atoms with van der Waals surface area (Å²) in [5.41, 5.74) is 2.10. The molecule has 3 rings (SSSR count). The zero-order chi connectivity index (χ0) is 9.43. The molecular weight excluding hydrogens is 190 g/mol. The molecule has 0 amide bonds. The van der Waals surface area contributed by atoms with Crippen molar-refractivity contribution in [3.05, 3.63) is 21.9 Å². The van der Waals surface area contributed by atoms with Crippen molar-refractivity contribution in [3.8, 4) is 0 Å². The molecule has 2 heterocycles. The van der Waals surface area contributed by atoms with E-state index < -0.39 is 0 Å². The molecule has 1 aromatic heterocycles. The molecule has 1 nitrogen and oxygen atoms in total. The Morgan fingerprint density at radius 3 is 3.14 bits per heavy atom. The molecule has 1 fully saturated rings. The molecule has 2 aliphatic rings. The number of hydrogen-bond acceptors (Lipinski definition) is 2. The first-order valence-electron chi connectivity index (χ1n) is 5.68. The van der Waals surface area contributed by atoms with E-state index in [1.165, 1.54) is 45.1 Å². The van der Waals surface area contributed by atoms with Gasteiger partial charge in [-0.3, -0.25) is 0 Å². The topological polar surface area (TPSA) is 12.0 Å². The van der Waals surface area contributed by atoms with E-state index in [0.29, 0.717) is 5.54 Å². The summed E-state index contributed by atoms with van der Waals surface area (Å²) in [5, 5.41) is 6.03. The van der Waals surface area contributed by atoms with Gasteiger partial charge in [-0.05, 0) is 55.7 Å². The lowest BCUT2D eigenvalue weighted by atomic mass is 9.76. The van der Waals surface area contributed by atoms with Crippen LogP contribution in [-0.4, -0.2) is 12.1 Å². The number of thiophene rings is 1. The molecule has 1 saturated heterocycles. The van der Waals surface area contributed by atoms with Crippen LogP contribution in [0.15, 0.2) is 11.4 Å². The highest BCUT2D eigenvalue weighted by Gasteiger charge is 2.35. The minimum atomic E-state index is 0.478. The summed E-state index contributed by atoms with van der Waals surface area (Å²) in [6, 6.07) is 2.33. The third-order valence-electron chi connectivity index (χ3n) is 3.78. The van der Waals surface area contributed by atoms with Gasteiger partial charge in [-0.2, -0.15) is 0 Å². The van der Waals surface area contributed by atoms with Gasteiger partial charge in [0.2, 0.25) is 0 Å². The minimum absolute atomic E-state index is 0.478. The maximum absolute atomic E-state index is 3.77. The lowest BCUT2D eigenvalue weighted by Gasteiger charge is -2.41. The second-order valence-corrected chi connectivity index (χ2v) is 5.71. The van der Waals surface area contributed by atoms with Crippen LogP contribution in [0.4, 0.5) is 0 Å². The largest absolute Gasteiger partial charge is 0.311 e. The fourth-order valence-corrected chi connectivity index (χ4v) is 3.85. The third-order valence-corrected chi connectivity index (χ3v) is 4.80. The number of nitrogens with one attached hydrogen (secondary N) is 1. The normalized spacial score (nSPS) is 31.7. The highest BCUT2D eigenvalue weighted by Crippen LogP contribution is 2.36. The quantitative estimate of drug-likeness (QED) is 0.690. The second kappa shape index (κ2) is 3.35. The number of aryl methyl sites for hydroxylation is 1. The first-order chi connectivity index (χ1) is 6.88. The molecule has 76 valence electrons. The summed E-state index contributed by atoms with van der Waals surface area (Å²) in [6.45, 7) is 1.24. The van der Waals surface area contributed by atoms with Gasteiger partial charge < -0.3 is 5.32 Å². The van der Waals surface area contributed by atoms with Gasteiger partial charge in [0, 0.05) is 10.4 Å². The van der Waals surface area contributed by atoms with E-state index >= 15 is 0 Å². The van der Waals surface area contributed by atoms with E-state index in [-0.39, 0.29) is 0 Å². The van der Waals surface area contributed by atoms with E-state index in [2.05, 4.69) is 16.8 Å². The second-order valence-electron chi connectivity index (χ2n) is 4.71. The molecule has 1 N–H and O–H groups in total. The Labute approximate surface area is 89.5 Å². The van der Waals surface area contributed by atoms with Crippen LogP contribution in [0, 0.1) is 0 Å². The van der Waals surface area contributed by atoms with Gasteiger partial charge in [-0.15, -0.1) is 11.3 Å². The van der Waals surface area contributed by atoms with Crippen LogP contribution in [0.5, 0.6) is 0 Å². The van der Waals surface area contributed by atoms with Crippen LogP contribution >= 0.6 is 11.3 Å². The van der Waals surface area contributed by atoms with E-state index in [9.17, 15) is 0 Å².